The molecular formula is C29H28ClF3N6O2. The highest BCUT2D eigenvalue weighted by molar-refractivity contribution is 6.30. The van der Waals surface area contributed by atoms with Crippen LogP contribution in [-0.4, -0.2) is 52.4 Å². The maximum absolute atomic E-state index is 14.4. The van der Waals surface area contributed by atoms with Crippen molar-refractivity contribution < 1.29 is 22.8 Å². The molecule has 2 aliphatic heterocycles. The van der Waals surface area contributed by atoms with E-state index in [1.165, 1.54) is 24.5 Å². The number of fused-ring (bicyclic) bond motifs is 2. The molecule has 3 aliphatic rings. The van der Waals surface area contributed by atoms with Gasteiger partial charge in [0.1, 0.15) is 23.3 Å². The first-order valence-electron chi connectivity index (χ1n) is 13.5. The number of benzene rings is 1. The van der Waals surface area contributed by atoms with Gasteiger partial charge in [0.05, 0.1) is 33.9 Å². The van der Waals surface area contributed by atoms with Crippen molar-refractivity contribution in [3.05, 3.63) is 76.3 Å². The normalized spacial score (nSPS) is 21.3. The molecule has 3 aromatic rings. The molecule has 1 N–H and O–H groups in total. The van der Waals surface area contributed by atoms with E-state index in [2.05, 4.69) is 25.2 Å². The molecule has 2 fully saturated rings. The molecule has 2 aromatic heterocycles. The zero-order valence-corrected chi connectivity index (χ0v) is 23.0. The third-order valence-corrected chi connectivity index (χ3v) is 8.73. The second-order valence-electron chi connectivity index (χ2n) is 11.1. The fourth-order valence-electron chi connectivity index (χ4n) is 6.39. The molecule has 214 valence electrons. The van der Waals surface area contributed by atoms with Crippen molar-refractivity contribution in [3.8, 4) is 0 Å². The minimum atomic E-state index is -2.90. The van der Waals surface area contributed by atoms with Crippen molar-refractivity contribution in [2.45, 2.75) is 50.5 Å². The van der Waals surface area contributed by atoms with E-state index in [0.717, 1.165) is 23.1 Å². The Kier molecular flexibility index (Phi) is 7.09. The smallest absolute Gasteiger partial charge is 0.281 e. The van der Waals surface area contributed by atoms with Crippen molar-refractivity contribution >= 4 is 34.8 Å². The van der Waals surface area contributed by atoms with E-state index in [4.69, 9.17) is 11.6 Å². The molecule has 6 rings (SSSR count). The third kappa shape index (κ3) is 4.90. The van der Waals surface area contributed by atoms with E-state index in [1.807, 2.05) is 6.92 Å². The third-order valence-electron chi connectivity index (χ3n) is 8.53. The van der Waals surface area contributed by atoms with Crippen molar-refractivity contribution in [1.82, 2.24) is 20.3 Å². The molecule has 1 saturated heterocycles. The van der Waals surface area contributed by atoms with Crippen LogP contribution in [0.25, 0.3) is 0 Å². The minimum Gasteiger partial charge on any atom is -0.366 e. The second-order valence-corrected chi connectivity index (χ2v) is 11.5. The summed E-state index contributed by atoms with van der Waals surface area (Å²) in [7, 11) is 0. The molecule has 0 radical (unpaired) electrons. The molecule has 0 atom stereocenters. The summed E-state index contributed by atoms with van der Waals surface area (Å²) in [6.45, 7) is 3.27. The maximum atomic E-state index is 14.4. The zero-order valence-electron chi connectivity index (χ0n) is 22.3. The zero-order chi connectivity index (χ0) is 28.9. The summed E-state index contributed by atoms with van der Waals surface area (Å²) in [5.41, 5.74) is 1.58. The maximum Gasteiger partial charge on any atom is 0.281 e. The van der Waals surface area contributed by atoms with Crippen LogP contribution in [0.4, 0.5) is 24.5 Å². The van der Waals surface area contributed by atoms with Crippen molar-refractivity contribution in [2.75, 3.05) is 29.4 Å². The van der Waals surface area contributed by atoms with Crippen LogP contribution in [0.5, 0.6) is 0 Å². The summed E-state index contributed by atoms with van der Waals surface area (Å²) in [6.07, 6.45) is 4.11. The predicted molar refractivity (Wildman–Crippen MR) is 147 cm³/mol. The first-order valence-corrected chi connectivity index (χ1v) is 13.9. The van der Waals surface area contributed by atoms with E-state index in [1.54, 1.807) is 17.2 Å². The number of hydrogen-bond donors (Lipinski definition) is 1. The number of carbonyl (C=O) groups is 2. The van der Waals surface area contributed by atoms with Gasteiger partial charge >= 0.3 is 0 Å². The number of alkyl halides is 2. The topological polar surface area (TPSA) is 91.3 Å². The first kappa shape index (κ1) is 27.4. The van der Waals surface area contributed by atoms with Crippen LogP contribution in [0.1, 0.15) is 59.4 Å². The molecule has 41 heavy (non-hydrogen) atoms. The lowest BCUT2D eigenvalue weighted by molar-refractivity contribution is -0.124. The highest BCUT2D eigenvalue weighted by atomic mass is 35.5. The average molecular weight is 585 g/mol. The van der Waals surface area contributed by atoms with E-state index in [9.17, 15) is 22.8 Å². The molecule has 2 amide bonds. The van der Waals surface area contributed by atoms with Crippen LogP contribution < -0.4 is 15.1 Å². The van der Waals surface area contributed by atoms with Crippen LogP contribution in [0.3, 0.4) is 0 Å². The van der Waals surface area contributed by atoms with E-state index >= 15 is 0 Å². The summed E-state index contributed by atoms with van der Waals surface area (Å²) in [5.74, 6) is -0.920. The van der Waals surface area contributed by atoms with Gasteiger partial charge in [0.2, 0.25) is 5.91 Å². The van der Waals surface area contributed by atoms with E-state index in [0.29, 0.717) is 51.0 Å². The Balaban J connectivity index is 1.12. The van der Waals surface area contributed by atoms with Crippen molar-refractivity contribution in [2.24, 2.45) is 5.92 Å². The van der Waals surface area contributed by atoms with Gasteiger partial charge in [-0.25, -0.2) is 23.1 Å². The largest absolute Gasteiger partial charge is 0.366 e. The summed E-state index contributed by atoms with van der Waals surface area (Å²) >= 11 is 5.90. The highest BCUT2D eigenvalue weighted by Gasteiger charge is 2.58. The summed E-state index contributed by atoms with van der Waals surface area (Å²) < 4.78 is 41.1. The van der Waals surface area contributed by atoms with Gasteiger partial charge in [0.25, 0.3) is 12.3 Å². The SMILES string of the molecule is Cc1ncncc1N1CC2(C1)C(=O)N(C[C@H]1CC[C@H](NC(=O)c3cc(Cl)cnc3C(F)F)CC1)c1cc(F)ccc12. The molecule has 1 aliphatic carbocycles. The van der Waals surface area contributed by atoms with Gasteiger partial charge in [0.15, 0.2) is 0 Å². The molecule has 1 spiro atoms. The number of carbonyl (C=O) groups excluding carboxylic acids is 2. The van der Waals surface area contributed by atoms with Gasteiger partial charge in [-0.05, 0) is 62.3 Å². The molecule has 1 aromatic carbocycles. The van der Waals surface area contributed by atoms with Crippen LogP contribution in [0, 0.1) is 18.7 Å². The van der Waals surface area contributed by atoms with Crippen LogP contribution in [0.2, 0.25) is 5.02 Å². The highest BCUT2D eigenvalue weighted by Crippen LogP contribution is 2.49. The molecule has 8 nitrogen and oxygen atoms in total. The minimum absolute atomic E-state index is 0.0349. The predicted octanol–water partition coefficient (Wildman–Crippen LogP) is 5.00. The monoisotopic (exact) mass is 584 g/mol. The number of amides is 2. The Morgan fingerprint density at radius 3 is 2.59 bits per heavy atom. The molecular weight excluding hydrogens is 557 g/mol. The van der Waals surface area contributed by atoms with Gasteiger partial charge in [-0.15, -0.1) is 0 Å². The van der Waals surface area contributed by atoms with Gasteiger partial charge in [0, 0.05) is 31.9 Å². The number of anilines is 2. The second kappa shape index (κ2) is 10.6. The Hall–Kier alpha value is -3.73. The molecule has 0 unspecified atom stereocenters. The average Bonchev–Trinajstić information content (AvgIpc) is 3.16. The fraction of sp³-hybridized carbons (Fsp3) is 0.414. The Morgan fingerprint density at radius 2 is 1.88 bits per heavy atom. The van der Waals surface area contributed by atoms with Gasteiger partial charge < -0.3 is 15.1 Å². The van der Waals surface area contributed by atoms with Crippen molar-refractivity contribution in [1.29, 1.82) is 0 Å². The fourth-order valence-corrected chi connectivity index (χ4v) is 6.55. The molecule has 0 bridgehead atoms. The number of nitrogens with one attached hydrogen (secondary N) is 1. The first-order chi connectivity index (χ1) is 19.7. The van der Waals surface area contributed by atoms with Gasteiger partial charge in [-0.3, -0.25) is 14.6 Å². The van der Waals surface area contributed by atoms with Gasteiger partial charge in [-0.2, -0.15) is 0 Å². The van der Waals surface area contributed by atoms with Crippen LogP contribution in [-0.2, 0) is 10.2 Å². The number of pyridine rings is 1. The summed E-state index contributed by atoms with van der Waals surface area (Å²) in [4.78, 5) is 42.5. The standard InChI is InChI=1S/C29H28ClF3N6O2/c1-16-24(11-34-15-36-16)38-13-29(14-38)22-7-4-19(31)9-23(22)39(28(29)41)12-17-2-5-20(6-3-17)37-27(40)21-8-18(30)10-35-25(21)26(32)33/h4,7-11,15,17,20,26H,2-3,5-6,12-14H2,1H3,(H,37,40)/t17-,20-. The number of halogens is 4. The van der Waals surface area contributed by atoms with E-state index in [-0.39, 0.29) is 28.5 Å². The van der Waals surface area contributed by atoms with Crippen LogP contribution >= 0.6 is 11.6 Å². The summed E-state index contributed by atoms with van der Waals surface area (Å²) in [6, 6.07) is 5.56. The Morgan fingerprint density at radius 1 is 1.12 bits per heavy atom. The van der Waals surface area contributed by atoms with Crippen molar-refractivity contribution in [3.63, 3.8) is 0 Å². The quantitative estimate of drug-likeness (QED) is 0.438. The summed E-state index contributed by atoms with van der Waals surface area (Å²) in [5, 5.41) is 2.95. The lowest BCUT2D eigenvalue weighted by atomic mass is 9.74. The lowest BCUT2D eigenvalue weighted by Gasteiger charge is -2.48. The van der Waals surface area contributed by atoms with Gasteiger partial charge in [-0.1, -0.05) is 17.7 Å². The molecule has 4 heterocycles. The lowest BCUT2D eigenvalue weighted by Crippen LogP contribution is -2.64. The number of aryl methyl sites for hydroxylation is 1. The Bertz CT molecular complexity index is 1510. The molecule has 12 heteroatoms. The number of nitrogens with zero attached hydrogens (tertiary/aromatic N) is 5. The molecule has 1 saturated carbocycles. The number of rotatable bonds is 6. The van der Waals surface area contributed by atoms with Crippen LogP contribution in [0.15, 0.2) is 43.0 Å². The number of hydrogen-bond acceptors (Lipinski definition) is 6. The number of aromatic nitrogens is 3. The Labute approximate surface area is 239 Å². The van der Waals surface area contributed by atoms with E-state index < -0.39 is 29.3 Å².